The molecule has 1 heterocycles. The average Bonchev–Trinajstić information content (AvgIpc) is 2.74. The molecule has 0 bridgehead atoms. The van der Waals surface area contributed by atoms with E-state index in [-0.39, 0.29) is 10.0 Å². The van der Waals surface area contributed by atoms with Crippen LogP contribution in [0.4, 0.5) is 5.69 Å². The number of amides is 1. The Bertz CT molecular complexity index is 1080. The smallest absolute Gasteiger partial charge is 0.250 e. The van der Waals surface area contributed by atoms with E-state index < -0.39 is 15.9 Å². The quantitative estimate of drug-likeness (QED) is 0.496. The first kappa shape index (κ1) is 23.4. The van der Waals surface area contributed by atoms with Gasteiger partial charge in [0.05, 0.1) is 4.90 Å². The molecule has 0 spiro atoms. The number of nitrogens with one attached hydrogen (secondary N) is 2. The summed E-state index contributed by atoms with van der Waals surface area (Å²) >= 11 is 11.2. The third-order valence-electron chi connectivity index (χ3n) is 5.05. The van der Waals surface area contributed by atoms with Gasteiger partial charge in [0.1, 0.15) is 0 Å². The van der Waals surface area contributed by atoms with Gasteiger partial charge in [0, 0.05) is 29.9 Å². The van der Waals surface area contributed by atoms with E-state index in [1.54, 1.807) is 30.3 Å². The fourth-order valence-corrected chi connectivity index (χ4v) is 5.06. The second-order valence-electron chi connectivity index (χ2n) is 7.41. The predicted molar refractivity (Wildman–Crippen MR) is 128 cm³/mol. The van der Waals surface area contributed by atoms with Crippen LogP contribution in [0.1, 0.15) is 25.3 Å². The van der Waals surface area contributed by atoms with Gasteiger partial charge in [-0.15, -0.1) is 0 Å². The number of hydrogen-bond donors (Lipinski definition) is 2. The van der Waals surface area contributed by atoms with Gasteiger partial charge in [-0.2, -0.15) is 4.31 Å². The first-order chi connectivity index (χ1) is 14.8. The standard InChI is InChI=1S/C22H24ClN3O3S2/c1-16-12-14-26(15-13-16)31(28,29)19-9-7-18(8-10-19)24-22(30)25-21(27)11-6-17-4-2-3-5-20(17)23/h2-11,16H,12-15H2,1H3,(H2,24,25,27,30). The number of piperidine rings is 1. The van der Waals surface area contributed by atoms with E-state index in [4.69, 9.17) is 23.8 Å². The zero-order chi connectivity index (χ0) is 22.4. The Morgan fingerprint density at radius 2 is 1.77 bits per heavy atom. The number of halogens is 1. The lowest BCUT2D eigenvalue weighted by Gasteiger charge is -2.29. The second kappa shape index (κ2) is 10.4. The molecule has 31 heavy (non-hydrogen) atoms. The normalized spacial score (nSPS) is 15.7. The number of sulfonamides is 1. The van der Waals surface area contributed by atoms with E-state index in [2.05, 4.69) is 17.6 Å². The molecule has 164 valence electrons. The summed E-state index contributed by atoms with van der Waals surface area (Å²) in [6.45, 7) is 3.22. The van der Waals surface area contributed by atoms with Gasteiger partial charge in [-0.25, -0.2) is 8.42 Å². The summed E-state index contributed by atoms with van der Waals surface area (Å²) in [5.41, 5.74) is 1.30. The highest BCUT2D eigenvalue weighted by Crippen LogP contribution is 2.24. The van der Waals surface area contributed by atoms with E-state index in [0.29, 0.717) is 29.7 Å². The fraction of sp³-hybridized carbons (Fsp3) is 0.273. The number of thiocarbonyl (C=S) groups is 1. The SMILES string of the molecule is CC1CCN(S(=O)(=O)c2ccc(NC(=S)NC(=O)C=Cc3ccccc3Cl)cc2)CC1. The molecule has 2 N–H and O–H groups in total. The van der Waals surface area contributed by atoms with Gasteiger partial charge in [0.2, 0.25) is 15.9 Å². The van der Waals surface area contributed by atoms with Gasteiger partial charge in [0.25, 0.3) is 0 Å². The Kier molecular flexibility index (Phi) is 7.83. The molecule has 2 aromatic carbocycles. The van der Waals surface area contributed by atoms with E-state index in [0.717, 1.165) is 18.4 Å². The minimum absolute atomic E-state index is 0.106. The summed E-state index contributed by atoms with van der Waals surface area (Å²) in [7, 11) is -3.50. The summed E-state index contributed by atoms with van der Waals surface area (Å²) in [6, 6.07) is 13.5. The number of carbonyl (C=O) groups is 1. The van der Waals surface area contributed by atoms with Crippen molar-refractivity contribution in [2.45, 2.75) is 24.7 Å². The summed E-state index contributed by atoms with van der Waals surface area (Å²) in [5, 5.41) is 6.07. The predicted octanol–water partition coefficient (Wildman–Crippen LogP) is 4.29. The third-order valence-corrected chi connectivity index (χ3v) is 7.51. The van der Waals surface area contributed by atoms with Crippen LogP contribution in [0.15, 0.2) is 59.5 Å². The van der Waals surface area contributed by atoms with Crippen LogP contribution in [-0.2, 0) is 14.8 Å². The molecule has 6 nitrogen and oxygen atoms in total. The van der Waals surface area contributed by atoms with Gasteiger partial charge >= 0.3 is 0 Å². The Labute approximate surface area is 193 Å². The average molecular weight is 478 g/mol. The van der Waals surface area contributed by atoms with Crippen LogP contribution in [0.25, 0.3) is 6.08 Å². The van der Waals surface area contributed by atoms with Crippen molar-refractivity contribution in [1.29, 1.82) is 0 Å². The minimum atomic E-state index is -3.50. The van der Waals surface area contributed by atoms with Gasteiger partial charge in [-0.1, -0.05) is 36.7 Å². The Hall–Kier alpha value is -2.26. The molecular formula is C22H24ClN3O3S2. The molecule has 9 heteroatoms. The van der Waals surface area contributed by atoms with Gasteiger partial charge in [-0.05, 0) is 72.9 Å². The van der Waals surface area contributed by atoms with Crippen molar-refractivity contribution in [3.63, 3.8) is 0 Å². The molecule has 1 aliphatic rings. The largest absolute Gasteiger partial charge is 0.332 e. The van der Waals surface area contributed by atoms with Crippen LogP contribution in [0, 0.1) is 5.92 Å². The molecule has 2 aromatic rings. The monoisotopic (exact) mass is 477 g/mol. The van der Waals surface area contributed by atoms with Gasteiger partial charge < -0.3 is 5.32 Å². The lowest BCUT2D eigenvalue weighted by atomic mass is 10.0. The summed E-state index contributed by atoms with van der Waals surface area (Å²) in [6.07, 6.45) is 4.68. The molecule has 1 aliphatic heterocycles. The maximum absolute atomic E-state index is 12.8. The van der Waals surface area contributed by atoms with Crippen molar-refractivity contribution in [3.8, 4) is 0 Å². The maximum atomic E-state index is 12.8. The third kappa shape index (κ3) is 6.36. The van der Waals surface area contributed by atoms with Gasteiger partial charge in [0.15, 0.2) is 5.11 Å². The molecule has 0 aromatic heterocycles. The van der Waals surface area contributed by atoms with E-state index in [1.165, 1.54) is 22.5 Å². The van der Waals surface area contributed by atoms with E-state index in [1.807, 2.05) is 12.1 Å². The van der Waals surface area contributed by atoms with Crippen LogP contribution >= 0.6 is 23.8 Å². The molecule has 1 saturated heterocycles. The highest BCUT2D eigenvalue weighted by molar-refractivity contribution is 7.89. The number of nitrogens with zero attached hydrogens (tertiary/aromatic N) is 1. The molecule has 0 aliphatic carbocycles. The van der Waals surface area contributed by atoms with E-state index in [9.17, 15) is 13.2 Å². The van der Waals surface area contributed by atoms with Crippen LogP contribution in [0.2, 0.25) is 5.02 Å². The van der Waals surface area contributed by atoms with Crippen LogP contribution in [-0.4, -0.2) is 36.8 Å². The van der Waals surface area contributed by atoms with Crippen molar-refractivity contribution >= 4 is 56.6 Å². The zero-order valence-corrected chi connectivity index (χ0v) is 19.4. The Balaban J connectivity index is 1.56. The fourth-order valence-electron chi connectivity index (χ4n) is 3.18. The second-order valence-corrected chi connectivity index (χ2v) is 10.2. The maximum Gasteiger partial charge on any atom is 0.250 e. The highest BCUT2D eigenvalue weighted by atomic mass is 35.5. The molecule has 1 fully saturated rings. The molecule has 0 radical (unpaired) electrons. The molecule has 1 amide bonds. The van der Waals surface area contributed by atoms with Crippen molar-refractivity contribution in [2.75, 3.05) is 18.4 Å². The Morgan fingerprint density at radius 3 is 2.42 bits per heavy atom. The number of carbonyl (C=O) groups excluding carboxylic acids is 1. The summed E-state index contributed by atoms with van der Waals surface area (Å²) in [4.78, 5) is 12.3. The Morgan fingerprint density at radius 1 is 1.13 bits per heavy atom. The molecule has 3 rings (SSSR count). The molecule has 0 atom stereocenters. The number of hydrogen-bond acceptors (Lipinski definition) is 4. The first-order valence-electron chi connectivity index (χ1n) is 9.90. The number of benzene rings is 2. The van der Waals surface area contributed by atoms with Gasteiger partial charge in [-0.3, -0.25) is 10.1 Å². The topological polar surface area (TPSA) is 78.5 Å². The minimum Gasteiger partial charge on any atom is -0.332 e. The van der Waals surface area contributed by atoms with Crippen molar-refractivity contribution in [1.82, 2.24) is 9.62 Å². The number of rotatable bonds is 5. The summed E-state index contributed by atoms with van der Waals surface area (Å²) < 4.78 is 27.1. The van der Waals surface area contributed by atoms with Crippen molar-refractivity contribution < 1.29 is 13.2 Å². The molecule has 0 unspecified atom stereocenters. The van der Waals surface area contributed by atoms with E-state index >= 15 is 0 Å². The lowest BCUT2D eigenvalue weighted by molar-refractivity contribution is -0.115. The zero-order valence-electron chi connectivity index (χ0n) is 17.0. The van der Waals surface area contributed by atoms with Crippen LogP contribution < -0.4 is 10.6 Å². The van der Waals surface area contributed by atoms with Crippen molar-refractivity contribution in [2.24, 2.45) is 5.92 Å². The van der Waals surface area contributed by atoms with Crippen LogP contribution in [0.3, 0.4) is 0 Å². The lowest BCUT2D eigenvalue weighted by Crippen LogP contribution is -2.37. The number of anilines is 1. The first-order valence-corrected chi connectivity index (χ1v) is 12.1. The van der Waals surface area contributed by atoms with Crippen molar-refractivity contribution in [3.05, 3.63) is 65.2 Å². The van der Waals surface area contributed by atoms with Crippen LogP contribution in [0.5, 0.6) is 0 Å². The molecular weight excluding hydrogens is 454 g/mol. The molecule has 0 saturated carbocycles. The summed E-state index contributed by atoms with van der Waals surface area (Å²) in [5.74, 6) is 0.143. The highest BCUT2D eigenvalue weighted by Gasteiger charge is 2.27.